The van der Waals surface area contributed by atoms with Crippen molar-refractivity contribution in [2.24, 2.45) is 0 Å². The van der Waals surface area contributed by atoms with Crippen LogP contribution in [-0.4, -0.2) is 27.0 Å². The third-order valence-corrected chi connectivity index (χ3v) is 4.36. The van der Waals surface area contributed by atoms with E-state index in [-0.39, 0.29) is 5.91 Å². The molecule has 0 aliphatic heterocycles. The number of imidazole rings is 1. The van der Waals surface area contributed by atoms with Gasteiger partial charge in [-0.05, 0) is 37.3 Å². The molecule has 0 atom stereocenters. The summed E-state index contributed by atoms with van der Waals surface area (Å²) in [4.78, 5) is 21.4. The molecule has 124 valence electrons. The maximum Gasteiger partial charge on any atom is 0.252 e. The second-order valence-corrected chi connectivity index (χ2v) is 5.93. The summed E-state index contributed by atoms with van der Waals surface area (Å²) in [6, 6.07) is 17.4. The predicted molar refractivity (Wildman–Crippen MR) is 98.5 cm³/mol. The maximum absolute atomic E-state index is 12.6. The van der Waals surface area contributed by atoms with Gasteiger partial charge in [-0.25, -0.2) is 4.98 Å². The van der Waals surface area contributed by atoms with Crippen LogP contribution in [0.15, 0.2) is 60.8 Å². The smallest absolute Gasteiger partial charge is 0.252 e. The number of rotatable bonds is 4. The predicted octanol–water partition coefficient (Wildman–Crippen LogP) is 3.32. The lowest BCUT2D eigenvalue weighted by Crippen LogP contribution is -2.27. The summed E-state index contributed by atoms with van der Waals surface area (Å²) in [6.45, 7) is 3.20. The monoisotopic (exact) mass is 330 g/mol. The number of fused-ring (bicyclic) bond motifs is 2. The highest BCUT2D eigenvalue weighted by molar-refractivity contribution is 6.06. The van der Waals surface area contributed by atoms with Gasteiger partial charge < -0.3 is 9.88 Å². The van der Waals surface area contributed by atoms with Crippen LogP contribution in [0.2, 0.25) is 0 Å². The minimum Gasteiger partial charge on any atom is -0.350 e. The molecule has 2 aromatic heterocycles. The molecule has 5 nitrogen and oxygen atoms in total. The Balaban J connectivity index is 1.51. The minimum atomic E-state index is -0.0827. The van der Waals surface area contributed by atoms with Crippen LogP contribution in [0.4, 0.5) is 0 Å². The van der Waals surface area contributed by atoms with Crippen molar-refractivity contribution < 1.29 is 4.79 Å². The van der Waals surface area contributed by atoms with Gasteiger partial charge >= 0.3 is 0 Å². The van der Waals surface area contributed by atoms with Crippen LogP contribution in [0.1, 0.15) is 16.2 Å². The molecule has 0 saturated carbocycles. The van der Waals surface area contributed by atoms with E-state index in [2.05, 4.69) is 19.9 Å². The number of pyridine rings is 1. The first-order valence-corrected chi connectivity index (χ1v) is 8.28. The molecule has 0 aliphatic rings. The van der Waals surface area contributed by atoms with Crippen LogP contribution < -0.4 is 5.32 Å². The quantitative estimate of drug-likeness (QED) is 0.624. The van der Waals surface area contributed by atoms with Gasteiger partial charge in [0.1, 0.15) is 5.82 Å². The molecule has 1 N–H and O–H groups in total. The molecule has 2 aromatic carbocycles. The number of para-hydroxylation sites is 2. The van der Waals surface area contributed by atoms with Gasteiger partial charge in [0, 0.05) is 30.2 Å². The largest absolute Gasteiger partial charge is 0.350 e. The van der Waals surface area contributed by atoms with Crippen molar-refractivity contribution in [2.45, 2.75) is 13.5 Å². The van der Waals surface area contributed by atoms with Crippen molar-refractivity contribution in [3.05, 3.63) is 72.2 Å². The molecule has 0 aliphatic carbocycles. The van der Waals surface area contributed by atoms with Crippen molar-refractivity contribution >= 4 is 27.8 Å². The average molecular weight is 330 g/mol. The number of hydrogen-bond donors (Lipinski definition) is 1. The van der Waals surface area contributed by atoms with Gasteiger partial charge in [-0.1, -0.05) is 24.3 Å². The molecule has 0 unspecified atom stereocenters. The van der Waals surface area contributed by atoms with E-state index >= 15 is 0 Å². The maximum atomic E-state index is 12.6. The fraction of sp³-hybridized carbons (Fsp3) is 0.150. The molecule has 4 rings (SSSR count). The number of hydrogen-bond acceptors (Lipinski definition) is 3. The van der Waals surface area contributed by atoms with Gasteiger partial charge in [-0.3, -0.25) is 9.78 Å². The number of nitrogens with zero attached hydrogens (tertiary/aromatic N) is 3. The molecule has 0 radical (unpaired) electrons. The summed E-state index contributed by atoms with van der Waals surface area (Å²) in [5.41, 5.74) is 3.54. The van der Waals surface area contributed by atoms with E-state index in [4.69, 9.17) is 0 Å². The van der Waals surface area contributed by atoms with Crippen LogP contribution in [0, 0.1) is 6.92 Å². The first kappa shape index (κ1) is 15.3. The Bertz CT molecular complexity index is 1060. The SMILES string of the molecule is Cc1nc2ccccc2n1CCNC(=O)c1cccc2ncccc12. The highest BCUT2D eigenvalue weighted by Crippen LogP contribution is 2.17. The molecule has 5 heteroatoms. The molecule has 0 bridgehead atoms. The van der Waals surface area contributed by atoms with E-state index in [9.17, 15) is 4.79 Å². The van der Waals surface area contributed by atoms with E-state index < -0.39 is 0 Å². The molecular weight excluding hydrogens is 312 g/mol. The summed E-state index contributed by atoms with van der Waals surface area (Å²) in [6.07, 6.45) is 1.73. The van der Waals surface area contributed by atoms with E-state index in [0.29, 0.717) is 18.7 Å². The van der Waals surface area contributed by atoms with Gasteiger partial charge in [-0.15, -0.1) is 0 Å². The average Bonchev–Trinajstić information content (AvgIpc) is 2.96. The van der Waals surface area contributed by atoms with Gasteiger partial charge in [0.2, 0.25) is 0 Å². The summed E-state index contributed by atoms with van der Waals surface area (Å²) < 4.78 is 2.13. The number of aromatic nitrogens is 3. The number of carbonyl (C=O) groups is 1. The van der Waals surface area contributed by atoms with E-state index in [0.717, 1.165) is 27.8 Å². The Labute approximate surface area is 145 Å². The Hall–Kier alpha value is -3.21. The highest BCUT2D eigenvalue weighted by atomic mass is 16.1. The standard InChI is InChI=1S/C20H18N4O/c1-14-23-18-8-2-3-10-19(18)24(14)13-12-22-20(25)16-6-4-9-17-15(16)7-5-11-21-17/h2-11H,12-13H2,1H3,(H,22,25). The van der Waals surface area contributed by atoms with Gasteiger partial charge in [0.05, 0.1) is 16.6 Å². The molecule has 4 aromatic rings. The Kier molecular flexibility index (Phi) is 3.90. The zero-order chi connectivity index (χ0) is 17.2. The molecule has 0 fully saturated rings. The van der Waals surface area contributed by atoms with Crippen LogP contribution in [0.5, 0.6) is 0 Å². The first-order chi connectivity index (χ1) is 12.2. The molecular formula is C20H18N4O. The number of amides is 1. The number of carbonyl (C=O) groups excluding carboxylic acids is 1. The fourth-order valence-corrected chi connectivity index (χ4v) is 3.16. The molecule has 2 heterocycles. The zero-order valence-corrected chi connectivity index (χ0v) is 13.9. The summed E-state index contributed by atoms with van der Waals surface area (Å²) in [5.74, 6) is 0.866. The summed E-state index contributed by atoms with van der Waals surface area (Å²) in [7, 11) is 0. The Morgan fingerprint density at radius 2 is 1.88 bits per heavy atom. The van der Waals surface area contributed by atoms with E-state index in [1.54, 1.807) is 6.20 Å². The van der Waals surface area contributed by atoms with Gasteiger partial charge in [-0.2, -0.15) is 0 Å². The lowest BCUT2D eigenvalue weighted by atomic mass is 10.1. The minimum absolute atomic E-state index is 0.0827. The zero-order valence-electron chi connectivity index (χ0n) is 13.9. The van der Waals surface area contributed by atoms with Crippen molar-refractivity contribution in [1.82, 2.24) is 19.9 Å². The molecule has 1 amide bonds. The van der Waals surface area contributed by atoms with Crippen molar-refractivity contribution in [2.75, 3.05) is 6.54 Å². The number of benzene rings is 2. The Morgan fingerprint density at radius 3 is 2.80 bits per heavy atom. The lowest BCUT2D eigenvalue weighted by Gasteiger charge is -2.10. The van der Waals surface area contributed by atoms with E-state index in [1.165, 1.54) is 0 Å². The second kappa shape index (κ2) is 6.36. The van der Waals surface area contributed by atoms with Crippen molar-refractivity contribution in [1.29, 1.82) is 0 Å². The fourth-order valence-electron chi connectivity index (χ4n) is 3.16. The van der Waals surface area contributed by atoms with Crippen LogP contribution in [0.3, 0.4) is 0 Å². The normalized spacial score (nSPS) is 11.1. The third kappa shape index (κ3) is 2.85. The molecule has 0 spiro atoms. The Morgan fingerprint density at radius 1 is 1.04 bits per heavy atom. The summed E-state index contributed by atoms with van der Waals surface area (Å²) in [5, 5.41) is 3.87. The van der Waals surface area contributed by atoms with Gasteiger partial charge in [0.15, 0.2) is 0 Å². The molecule has 0 saturated heterocycles. The lowest BCUT2D eigenvalue weighted by molar-refractivity contribution is 0.0954. The topological polar surface area (TPSA) is 59.8 Å². The second-order valence-electron chi connectivity index (χ2n) is 5.93. The van der Waals surface area contributed by atoms with Crippen LogP contribution in [-0.2, 0) is 6.54 Å². The number of nitrogens with one attached hydrogen (secondary N) is 1. The third-order valence-electron chi connectivity index (χ3n) is 4.36. The first-order valence-electron chi connectivity index (χ1n) is 8.28. The van der Waals surface area contributed by atoms with Crippen molar-refractivity contribution in [3.63, 3.8) is 0 Å². The van der Waals surface area contributed by atoms with Crippen LogP contribution in [0.25, 0.3) is 21.9 Å². The van der Waals surface area contributed by atoms with Crippen LogP contribution >= 0.6 is 0 Å². The summed E-state index contributed by atoms with van der Waals surface area (Å²) >= 11 is 0. The number of aryl methyl sites for hydroxylation is 1. The van der Waals surface area contributed by atoms with Gasteiger partial charge in [0.25, 0.3) is 5.91 Å². The van der Waals surface area contributed by atoms with Crippen molar-refractivity contribution in [3.8, 4) is 0 Å². The highest BCUT2D eigenvalue weighted by Gasteiger charge is 2.11. The van der Waals surface area contributed by atoms with E-state index in [1.807, 2.05) is 61.5 Å². The molecule has 25 heavy (non-hydrogen) atoms.